The van der Waals surface area contributed by atoms with Gasteiger partial charge in [0, 0.05) is 11.1 Å². The van der Waals surface area contributed by atoms with Gasteiger partial charge in [-0.1, -0.05) is 11.6 Å². The predicted molar refractivity (Wildman–Crippen MR) is 65.4 cm³/mol. The highest BCUT2D eigenvalue weighted by Gasteiger charge is 2.19. The molecule has 2 N–H and O–H groups in total. The summed E-state index contributed by atoms with van der Waals surface area (Å²) in [5.74, 6) is -2.17. The Morgan fingerprint density at radius 3 is 2.68 bits per heavy atom. The maximum absolute atomic E-state index is 11.4. The van der Waals surface area contributed by atoms with Crippen LogP contribution in [0.3, 0.4) is 0 Å². The number of hydrogen-bond donors (Lipinski definition) is 2. The lowest BCUT2D eigenvalue weighted by atomic mass is 10.2. The van der Waals surface area contributed by atoms with Crippen LogP contribution in [0.2, 0.25) is 5.02 Å². The van der Waals surface area contributed by atoms with E-state index >= 15 is 0 Å². The highest BCUT2D eigenvalue weighted by molar-refractivity contribution is 6.40. The molecule has 2 amide bonds. The maximum atomic E-state index is 11.4. The molecule has 0 aromatic heterocycles. The van der Waals surface area contributed by atoms with Crippen LogP contribution in [0, 0.1) is 21.4 Å². The van der Waals surface area contributed by atoms with Gasteiger partial charge in [0.15, 0.2) is 0 Å². The molecular weight excluding hydrogens is 276 g/mol. The van der Waals surface area contributed by atoms with Crippen LogP contribution in [0.1, 0.15) is 0 Å². The number of amides is 2. The first-order valence-electron chi connectivity index (χ1n) is 4.85. The number of carbonyl (C=O) groups is 2. The fourth-order valence-electron chi connectivity index (χ4n) is 1.14. The Hall–Kier alpha value is -2.66. The van der Waals surface area contributed by atoms with E-state index in [2.05, 4.69) is 5.32 Å². The van der Waals surface area contributed by atoms with E-state index in [1.165, 1.54) is 12.1 Å². The van der Waals surface area contributed by atoms with Crippen molar-refractivity contribution in [2.45, 2.75) is 0 Å². The third kappa shape index (κ3) is 3.93. The standard InChI is InChI=1S/C10H7ClN4O4/c11-6-1-2-7(8(5-6)15(18)19)14-10(17)9(16)13-4-3-12/h1-2,5H,4H2,(H,13,16)(H,14,17). The Bertz CT molecular complexity index is 581. The van der Waals surface area contributed by atoms with Crippen molar-refractivity contribution in [2.24, 2.45) is 0 Å². The van der Waals surface area contributed by atoms with Crippen molar-refractivity contribution in [1.29, 1.82) is 5.26 Å². The van der Waals surface area contributed by atoms with Crippen LogP contribution in [0.4, 0.5) is 11.4 Å². The minimum atomic E-state index is -1.11. The molecule has 0 aliphatic rings. The number of nitro benzene ring substituents is 1. The molecule has 1 rings (SSSR count). The SMILES string of the molecule is N#CCNC(=O)C(=O)Nc1ccc(Cl)cc1[N+](=O)[O-]. The van der Waals surface area contributed by atoms with Crippen LogP contribution in [0.5, 0.6) is 0 Å². The molecule has 0 saturated carbocycles. The first-order valence-corrected chi connectivity index (χ1v) is 5.23. The predicted octanol–water partition coefficient (Wildman–Crippen LogP) is 0.826. The molecule has 0 heterocycles. The van der Waals surface area contributed by atoms with Gasteiger partial charge < -0.3 is 10.6 Å². The van der Waals surface area contributed by atoms with E-state index in [1.54, 1.807) is 6.07 Å². The summed E-state index contributed by atoms with van der Waals surface area (Å²) in [5, 5.41) is 23.2. The molecule has 0 unspecified atom stereocenters. The number of nitrogens with zero attached hydrogens (tertiary/aromatic N) is 2. The van der Waals surface area contributed by atoms with Gasteiger partial charge in [-0.3, -0.25) is 19.7 Å². The smallest absolute Gasteiger partial charge is 0.313 e. The van der Waals surface area contributed by atoms with E-state index in [9.17, 15) is 19.7 Å². The van der Waals surface area contributed by atoms with E-state index in [0.717, 1.165) is 6.07 Å². The minimum absolute atomic E-state index is 0.124. The Balaban J connectivity index is 2.88. The van der Waals surface area contributed by atoms with Gasteiger partial charge in [0.2, 0.25) is 0 Å². The third-order valence-electron chi connectivity index (χ3n) is 1.94. The van der Waals surface area contributed by atoms with Gasteiger partial charge in [0.1, 0.15) is 12.2 Å². The molecule has 8 nitrogen and oxygen atoms in total. The van der Waals surface area contributed by atoms with Gasteiger partial charge in [-0.2, -0.15) is 5.26 Å². The van der Waals surface area contributed by atoms with Crippen molar-refractivity contribution in [2.75, 3.05) is 11.9 Å². The Kier molecular flexibility index (Phi) is 4.79. The van der Waals surface area contributed by atoms with Crippen LogP contribution < -0.4 is 10.6 Å². The largest absolute Gasteiger partial charge is 0.335 e. The summed E-state index contributed by atoms with van der Waals surface area (Å²) in [6.45, 7) is -0.338. The van der Waals surface area contributed by atoms with Gasteiger partial charge in [-0.15, -0.1) is 0 Å². The molecule has 0 spiro atoms. The fourth-order valence-corrected chi connectivity index (χ4v) is 1.31. The van der Waals surface area contributed by atoms with Crippen molar-refractivity contribution >= 4 is 34.8 Å². The van der Waals surface area contributed by atoms with E-state index in [-0.39, 0.29) is 17.3 Å². The number of carbonyl (C=O) groups excluding carboxylic acids is 2. The van der Waals surface area contributed by atoms with E-state index < -0.39 is 22.4 Å². The zero-order valence-electron chi connectivity index (χ0n) is 9.34. The van der Waals surface area contributed by atoms with Crippen LogP contribution in [0.15, 0.2) is 18.2 Å². The molecule has 0 atom stereocenters. The molecule has 0 aliphatic heterocycles. The molecule has 0 radical (unpaired) electrons. The Morgan fingerprint density at radius 1 is 1.42 bits per heavy atom. The second-order valence-electron chi connectivity index (χ2n) is 3.21. The van der Waals surface area contributed by atoms with Gasteiger partial charge in [-0.25, -0.2) is 0 Å². The summed E-state index contributed by atoms with van der Waals surface area (Å²) in [6, 6.07) is 5.20. The van der Waals surface area contributed by atoms with E-state index in [4.69, 9.17) is 16.9 Å². The second-order valence-corrected chi connectivity index (χ2v) is 3.65. The highest BCUT2D eigenvalue weighted by Crippen LogP contribution is 2.27. The molecule has 1 aromatic rings. The summed E-state index contributed by atoms with van der Waals surface area (Å²) in [5.41, 5.74) is -0.597. The average Bonchev–Trinajstić information content (AvgIpc) is 2.37. The van der Waals surface area contributed by atoms with Gasteiger partial charge in [0.25, 0.3) is 5.69 Å². The number of halogens is 1. The first kappa shape index (κ1) is 14.4. The van der Waals surface area contributed by atoms with E-state index in [0.29, 0.717) is 0 Å². The molecule has 98 valence electrons. The summed E-state index contributed by atoms with van der Waals surface area (Å²) in [4.78, 5) is 32.6. The molecule has 0 bridgehead atoms. The molecular formula is C10H7ClN4O4. The minimum Gasteiger partial charge on any atom is -0.335 e. The van der Waals surface area contributed by atoms with Crippen LogP contribution in [-0.2, 0) is 9.59 Å². The summed E-state index contributed by atoms with van der Waals surface area (Å²) >= 11 is 5.60. The number of benzene rings is 1. The lowest BCUT2D eigenvalue weighted by Gasteiger charge is -2.05. The highest BCUT2D eigenvalue weighted by atomic mass is 35.5. The molecule has 19 heavy (non-hydrogen) atoms. The number of nitro groups is 1. The number of nitrogens with one attached hydrogen (secondary N) is 2. The zero-order valence-corrected chi connectivity index (χ0v) is 10.1. The molecule has 0 aliphatic carbocycles. The Labute approximate surface area is 112 Å². The summed E-state index contributed by atoms with van der Waals surface area (Å²) in [7, 11) is 0. The maximum Gasteiger partial charge on any atom is 0.313 e. The van der Waals surface area contributed by atoms with Gasteiger partial charge in [0.05, 0.1) is 11.0 Å². The Morgan fingerprint density at radius 2 is 2.11 bits per heavy atom. The van der Waals surface area contributed by atoms with Crippen LogP contribution in [0.25, 0.3) is 0 Å². The van der Waals surface area contributed by atoms with Crippen molar-refractivity contribution in [3.05, 3.63) is 33.3 Å². The van der Waals surface area contributed by atoms with Crippen molar-refractivity contribution in [1.82, 2.24) is 5.32 Å². The van der Waals surface area contributed by atoms with Crippen LogP contribution in [-0.4, -0.2) is 23.3 Å². The number of rotatable bonds is 3. The molecule has 0 saturated heterocycles. The monoisotopic (exact) mass is 282 g/mol. The quantitative estimate of drug-likeness (QED) is 0.367. The molecule has 0 fully saturated rings. The topological polar surface area (TPSA) is 125 Å². The lowest BCUT2D eigenvalue weighted by molar-refractivity contribution is -0.383. The van der Waals surface area contributed by atoms with Gasteiger partial charge in [-0.05, 0) is 12.1 Å². The normalized spacial score (nSPS) is 9.26. The average molecular weight is 283 g/mol. The van der Waals surface area contributed by atoms with Gasteiger partial charge >= 0.3 is 11.8 Å². The van der Waals surface area contributed by atoms with Crippen molar-refractivity contribution in [3.8, 4) is 6.07 Å². The number of anilines is 1. The first-order chi connectivity index (χ1) is 8.95. The number of hydrogen-bond acceptors (Lipinski definition) is 5. The van der Waals surface area contributed by atoms with E-state index in [1.807, 2.05) is 5.32 Å². The van der Waals surface area contributed by atoms with Crippen molar-refractivity contribution < 1.29 is 14.5 Å². The lowest BCUT2D eigenvalue weighted by Crippen LogP contribution is -2.35. The third-order valence-corrected chi connectivity index (χ3v) is 2.17. The van der Waals surface area contributed by atoms with Crippen LogP contribution >= 0.6 is 11.6 Å². The fraction of sp³-hybridized carbons (Fsp3) is 0.100. The summed E-state index contributed by atoms with van der Waals surface area (Å²) in [6.07, 6.45) is 0. The zero-order chi connectivity index (χ0) is 14.4. The second kappa shape index (κ2) is 6.32. The molecule has 1 aromatic carbocycles. The molecule has 9 heteroatoms. The summed E-state index contributed by atoms with van der Waals surface area (Å²) < 4.78 is 0. The number of nitriles is 1. The van der Waals surface area contributed by atoms with Crippen molar-refractivity contribution in [3.63, 3.8) is 0 Å².